The van der Waals surface area contributed by atoms with Gasteiger partial charge in [-0.25, -0.2) is 0 Å². The highest BCUT2D eigenvalue weighted by atomic mass is 14.4. The van der Waals surface area contributed by atoms with Crippen molar-refractivity contribution in [2.24, 2.45) is 0 Å². The minimum atomic E-state index is 0.418. The second-order valence-electron chi connectivity index (χ2n) is 3.48. The van der Waals surface area contributed by atoms with E-state index in [1.54, 1.807) is 0 Å². The molecular formula is C14H12N-. The van der Waals surface area contributed by atoms with Gasteiger partial charge in [-0.15, -0.1) is 0 Å². The summed E-state index contributed by atoms with van der Waals surface area (Å²) in [4.78, 5) is 0. The van der Waals surface area contributed by atoms with Crippen molar-refractivity contribution >= 4 is 5.71 Å². The second kappa shape index (κ2) is 4.56. The molecule has 0 atom stereocenters. The standard InChI is InChI=1S/C14H12N/c15-14(13-9-5-2-6-10-13)11-12-7-3-1-4-8-12/h1-10H,11H2/q-1. The molecule has 0 radical (unpaired) electrons. The van der Waals surface area contributed by atoms with Gasteiger partial charge in [0.05, 0.1) is 0 Å². The zero-order chi connectivity index (χ0) is 10.5. The molecule has 0 fully saturated rings. The molecule has 2 rings (SSSR count). The van der Waals surface area contributed by atoms with Gasteiger partial charge in [-0.3, -0.25) is 0 Å². The molecule has 0 saturated heterocycles. The molecule has 1 nitrogen and oxygen atoms in total. The van der Waals surface area contributed by atoms with Crippen molar-refractivity contribution in [1.29, 1.82) is 0 Å². The molecule has 0 heterocycles. The molecule has 2 aromatic rings. The van der Waals surface area contributed by atoms with E-state index in [0.29, 0.717) is 12.1 Å². The molecule has 1 heteroatoms. The molecule has 0 aliphatic rings. The SMILES string of the molecule is [N-]=C(Cc1ccccc1)c1ccccc1. The van der Waals surface area contributed by atoms with Crippen molar-refractivity contribution in [3.63, 3.8) is 0 Å². The van der Waals surface area contributed by atoms with Crippen molar-refractivity contribution < 1.29 is 0 Å². The van der Waals surface area contributed by atoms with E-state index >= 15 is 0 Å². The Morgan fingerprint density at radius 1 is 0.800 bits per heavy atom. The largest absolute Gasteiger partial charge is 0.807 e. The lowest BCUT2D eigenvalue weighted by atomic mass is 10.0. The summed E-state index contributed by atoms with van der Waals surface area (Å²) >= 11 is 0. The average molecular weight is 194 g/mol. The third-order valence-corrected chi connectivity index (χ3v) is 2.32. The lowest BCUT2D eigenvalue weighted by molar-refractivity contribution is 1.34. The second-order valence-corrected chi connectivity index (χ2v) is 3.48. The lowest BCUT2D eigenvalue weighted by Gasteiger charge is -2.12. The van der Waals surface area contributed by atoms with Crippen molar-refractivity contribution in [1.82, 2.24) is 0 Å². The van der Waals surface area contributed by atoms with Crippen LogP contribution < -0.4 is 0 Å². The molecular weight excluding hydrogens is 182 g/mol. The van der Waals surface area contributed by atoms with Crippen LogP contribution in [0.15, 0.2) is 60.7 Å². The lowest BCUT2D eigenvalue weighted by Crippen LogP contribution is -2.02. The smallest absolute Gasteiger partial charge is 0.0241 e. The van der Waals surface area contributed by atoms with Gasteiger partial charge in [-0.05, 0) is 17.5 Å². The predicted octanol–water partition coefficient (Wildman–Crippen LogP) is 3.29. The summed E-state index contributed by atoms with van der Waals surface area (Å²) in [7, 11) is 0. The summed E-state index contributed by atoms with van der Waals surface area (Å²) in [6, 6.07) is 19.6. The third kappa shape index (κ3) is 2.53. The number of hydrogen-bond donors (Lipinski definition) is 0. The molecule has 0 aromatic heterocycles. The Kier molecular flexibility index (Phi) is 2.93. The molecule has 74 valence electrons. The van der Waals surface area contributed by atoms with E-state index in [4.69, 9.17) is 0 Å². The van der Waals surface area contributed by atoms with Gasteiger partial charge in [-0.2, -0.15) is 5.71 Å². The maximum Gasteiger partial charge on any atom is -0.0241 e. The van der Waals surface area contributed by atoms with Crippen LogP contribution in [0.5, 0.6) is 0 Å². The fraction of sp³-hybridized carbons (Fsp3) is 0.0714. The summed E-state index contributed by atoms with van der Waals surface area (Å²) in [6.45, 7) is 0. The van der Waals surface area contributed by atoms with Crippen molar-refractivity contribution in [3.05, 3.63) is 77.2 Å². The fourth-order valence-corrected chi connectivity index (χ4v) is 1.52. The number of hydrogen-bond acceptors (Lipinski definition) is 0. The zero-order valence-electron chi connectivity index (χ0n) is 8.43. The number of benzene rings is 2. The average Bonchev–Trinajstić information content (AvgIpc) is 2.31. The van der Waals surface area contributed by atoms with Crippen LogP contribution in [0, 0.1) is 0 Å². The molecule has 0 saturated carbocycles. The van der Waals surface area contributed by atoms with Crippen LogP contribution in [0.1, 0.15) is 11.1 Å². The van der Waals surface area contributed by atoms with Gasteiger partial charge in [0.2, 0.25) is 0 Å². The van der Waals surface area contributed by atoms with Gasteiger partial charge >= 0.3 is 0 Å². The van der Waals surface area contributed by atoms with Crippen LogP contribution in [-0.2, 0) is 6.42 Å². The molecule has 0 unspecified atom stereocenters. The van der Waals surface area contributed by atoms with Crippen LogP contribution in [0.2, 0.25) is 0 Å². The van der Waals surface area contributed by atoms with Crippen molar-refractivity contribution in [3.8, 4) is 0 Å². The predicted molar refractivity (Wildman–Crippen MR) is 64.1 cm³/mol. The van der Waals surface area contributed by atoms with Gasteiger partial charge in [0.1, 0.15) is 0 Å². The Hall–Kier alpha value is -1.89. The Morgan fingerprint density at radius 3 is 1.93 bits per heavy atom. The van der Waals surface area contributed by atoms with Gasteiger partial charge in [0, 0.05) is 0 Å². The topological polar surface area (TPSA) is 22.3 Å². The van der Waals surface area contributed by atoms with E-state index in [1.165, 1.54) is 0 Å². The first-order valence-electron chi connectivity index (χ1n) is 5.00. The molecule has 15 heavy (non-hydrogen) atoms. The minimum absolute atomic E-state index is 0.418. The summed E-state index contributed by atoms with van der Waals surface area (Å²) in [5.41, 5.74) is 2.43. The van der Waals surface area contributed by atoms with Gasteiger partial charge in [0.15, 0.2) is 0 Å². The normalized spacial score (nSPS) is 9.87. The van der Waals surface area contributed by atoms with E-state index in [2.05, 4.69) is 0 Å². The maximum atomic E-state index is 9.89. The molecule has 0 aliphatic heterocycles. The Bertz CT molecular complexity index is 431. The van der Waals surface area contributed by atoms with E-state index < -0.39 is 0 Å². The maximum absolute atomic E-state index is 9.89. The third-order valence-electron chi connectivity index (χ3n) is 2.32. The van der Waals surface area contributed by atoms with Crippen molar-refractivity contribution in [2.45, 2.75) is 6.42 Å². The Balaban J connectivity index is 2.12. The van der Waals surface area contributed by atoms with Crippen LogP contribution in [0.4, 0.5) is 0 Å². The van der Waals surface area contributed by atoms with E-state index in [0.717, 1.165) is 11.1 Å². The molecule has 0 aliphatic carbocycles. The molecule has 2 aromatic carbocycles. The summed E-state index contributed by atoms with van der Waals surface area (Å²) in [6.07, 6.45) is 0.588. The van der Waals surface area contributed by atoms with Crippen molar-refractivity contribution in [2.75, 3.05) is 0 Å². The highest BCUT2D eigenvalue weighted by Gasteiger charge is 1.94. The van der Waals surface area contributed by atoms with E-state index in [9.17, 15) is 5.41 Å². The Labute approximate surface area is 89.9 Å². The highest BCUT2D eigenvalue weighted by molar-refractivity contribution is 6.04. The number of rotatable bonds is 3. The van der Waals surface area contributed by atoms with E-state index in [-0.39, 0.29) is 0 Å². The van der Waals surface area contributed by atoms with Gasteiger partial charge in [0.25, 0.3) is 0 Å². The molecule has 0 amide bonds. The van der Waals surface area contributed by atoms with Gasteiger partial charge < -0.3 is 5.41 Å². The quantitative estimate of drug-likeness (QED) is 0.669. The first-order valence-corrected chi connectivity index (χ1v) is 5.00. The van der Waals surface area contributed by atoms with Crippen LogP contribution in [0.3, 0.4) is 0 Å². The van der Waals surface area contributed by atoms with E-state index in [1.807, 2.05) is 60.7 Å². The van der Waals surface area contributed by atoms with Crippen LogP contribution >= 0.6 is 0 Å². The summed E-state index contributed by atoms with van der Waals surface area (Å²) < 4.78 is 0. The Morgan fingerprint density at radius 2 is 1.33 bits per heavy atom. The molecule has 0 N–H and O–H groups in total. The minimum Gasteiger partial charge on any atom is -0.807 e. The first-order chi connectivity index (χ1) is 7.36. The molecule has 0 bridgehead atoms. The molecule has 0 spiro atoms. The van der Waals surface area contributed by atoms with Gasteiger partial charge in [-0.1, -0.05) is 60.7 Å². The summed E-state index contributed by atoms with van der Waals surface area (Å²) in [5, 5.41) is 9.89. The van der Waals surface area contributed by atoms with Crippen LogP contribution in [-0.4, -0.2) is 5.71 Å². The fourth-order valence-electron chi connectivity index (χ4n) is 1.52. The highest BCUT2D eigenvalue weighted by Crippen LogP contribution is 2.07. The first kappa shape index (κ1) is 9.66. The summed E-state index contributed by atoms with van der Waals surface area (Å²) in [5.74, 6) is 0. The number of nitrogens with zero attached hydrogens (tertiary/aromatic N) is 1. The monoisotopic (exact) mass is 194 g/mol. The van der Waals surface area contributed by atoms with Crippen LogP contribution in [0.25, 0.3) is 5.41 Å². The zero-order valence-corrected chi connectivity index (χ0v) is 8.43.